The molecule has 114 valence electrons. The fourth-order valence-corrected chi connectivity index (χ4v) is 2.90. The van der Waals surface area contributed by atoms with Crippen LogP contribution in [0.25, 0.3) is 0 Å². The van der Waals surface area contributed by atoms with Crippen LogP contribution in [0.5, 0.6) is 0 Å². The summed E-state index contributed by atoms with van der Waals surface area (Å²) in [7, 11) is 0. The predicted molar refractivity (Wildman–Crippen MR) is 83.5 cm³/mol. The zero-order valence-electron chi connectivity index (χ0n) is 11.9. The maximum absolute atomic E-state index is 11.2. The molecule has 0 radical (unpaired) electrons. The Balaban J connectivity index is 2.43. The van der Waals surface area contributed by atoms with Crippen LogP contribution in [0.4, 0.5) is 0 Å². The number of likely N-dealkylation sites (N-methyl/N-ethyl adjacent to an activating group) is 1. The third-order valence-corrected chi connectivity index (χ3v) is 4.04. The van der Waals surface area contributed by atoms with Gasteiger partial charge in [-0.1, -0.05) is 36.2 Å². The molecule has 7 heteroatoms. The van der Waals surface area contributed by atoms with Crippen LogP contribution in [0.2, 0.25) is 10.0 Å². The van der Waals surface area contributed by atoms with Crippen LogP contribution in [0.15, 0.2) is 30.9 Å². The first kappa shape index (κ1) is 16.2. The van der Waals surface area contributed by atoms with Crippen molar-refractivity contribution in [2.75, 3.05) is 6.54 Å². The molecule has 0 fully saturated rings. The van der Waals surface area contributed by atoms with Crippen molar-refractivity contribution < 1.29 is 5.11 Å². The van der Waals surface area contributed by atoms with E-state index in [9.17, 15) is 5.11 Å². The topological polar surface area (TPSA) is 63.0 Å². The molecule has 0 bridgehead atoms. The van der Waals surface area contributed by atoms with Crippen LogP contribution in [-0.2, 0) is 12.1 Å². The van der Waals surface area contributed by atoms with Gasteiger partial charge in [0.15, 0.2) is 0 Å². The quantitative estimate of drug-likeness (QED) is 0.855. The van der Waals surface area contributed by atoms with E-state index in [-0.39, 0.29) is 12.6 Å². The maximum Gasteiger partial charge on any atom is 0.137 e. The summed E-state index contributed by atoms with van der Waals surface area (Å²) in [6.07, 6.45) is 3.00. The van der Waals surface area contributed by atoms with E-state index in [0.29, 0.717) is 15.6 Å². The number of hydrogen-bond acceptors (Lipinski definition) is 4. The van der Waals surface area contributed by atoms with E-state index in [0.717, 1.165) is 6.54 Å². The second kappa shape index (κ2) is 6.75. The van der Waals surface area contributed by atoms with Crippen LogP contribution in [0, 0.1) is 0 Å². The van der Waals surface area contributed by atoms with Crippen molar-refractivity contribution in [2.45, 2.75) is 32.0 Å². The minimum Gasteiger partial charge on any atom is -0.382 e. The monoisotopic (exact) mass is 328 g/mol. The molecular formula is C14H18Cl2N4O. The van der Waals surface area contributed by atoms with Gasteiger partial charge >= 0.3 is 0 Å². The zero-order chi connectivity index (χ0) is 15.5. The SMILES string of the molecule is CCNC(C)C(O)(Cn1cncn1)c1ccc(Cl)cc1Cl. The summed E-state index contributed by atoms with van der Waals surface area (Å²) < 4.78 is 1.58. The minimum atomic E-state index is -1.23. The fraction of sp³-hybridized carbons (Fsp3) is 0.429. The fourth-order valence-electron chi connectivity index (χ4n) is 2.33. The highest BCUT2D eigenvalue weighted by Gasteiger charge is 2.38. The number of rotatable bonds is 6. The molecule has 2 atom stereocenters. The van der Waals surface area contributed by atoms with Crippen LogP contribution < -0.4 is 5.32 Å². The zero-order valence-corrected chi connectivity index (χ0v) is 13.4. The van der Waals surface area contributed by atoms with Crippen LogP contribution in [-0.4, -0.2) is 32.5 Å². The summed E-state index contributed by atoms with van der Waals surface area (Å²) in [5, 5.41) is 19.5. The predicted octanol–water partition coefficient (Wildman–Crippen LogP) is 2.47. The van der Waals surface area contributed by atoms with E-state index < -0.39 is 5.60 Å². The van der Waals surface area contributed by atoms with Gasteiger partial charge in [-0.25, -0.2) is 9.67 Å². The second-order valence-electron chi connectivity index (χ2n) is 4.92. The van der Waals surface area contributed by atoms with Gasteiger partial charge in [0.2, 0.25) is 0 Å². The average Bonchev–Trinajstić information content (AvgIpc) is 2.91. The second-order valence-corrected chi connectivity index (χ2v) is 5.76. The average molecular weight is 329 g/mol. The summed E-state index contributed by atoms with van der Waals surface area (Å²) in [6.45, 7) is 4.86. The van der Waals surface area contributed by atoms with E-state index >= 15 is 0 Å². The van der Waals surface area contributed by atoms with Crippen molar-refractivity contribution in [3.8, 4) is 0 Å². The van der Waals surface area contributed by atoms with Gasteiger partial charge in [-0.3, -0.25) is 0 Å². The Morgan fingerprint density at radius 3 is 2.76 bits per heavy atom. The molecule has 2 rings (SSSR count). The summed E-state index contributed by atoms with van der Waals surface area (Å²) in [5.41, 5.74) is -0.622. The van der Waals surface area contributed by atoms with Crippen molar-refractivity contribution in [1.82, 2.24) is 20.1 Å². The molecular weight excluding hydrogens is 311 g/mol. The first-order chi connectivity index (χ1) is 9.97. The summed E-state index contributed by atoms with van der Waals surface area (Å²) in [4.78, 5) is 3.91. The number of hydrogen-bond donors (Lipinski definition) is 2. The van der Waals surface area contributed by atoms with E-state index in [1.165, 1.54) is 6.33 Å². The molecule has 2 aromatic rings. The molecule has 21 heavy (non-hydrogen) atoms. The summed E-state index contributed by atoms with van der Waals surface area (Å²) >= 11 is 12.2. The van der Waals surface area contributed by atoms with Gasteiger partial charge in [0.25, 0.3) is 0 Å². The molecule has 0 aliphatic heterocycles. The molecule has 0 saturated carbocycles. The molecule has 0 saturated heterocycles. The molecule has 1 heterocycles. The highest BCUT2D eigenvalue weighted by atomic mass is 35.5. The van der Waals surface area contributed by atoms with E-state index in [1.807, 2.05) is 13.8 Å². The standard InChI is InChI=1S/C14H18Cl2N4O/c1-3-18-10(2)14(21,7-20-9-17-8-19-20)12-5-4-11(15)6-13(12)16/h4-6,8-10,18,21H,3,7H2,1-2H3. The Kier molecular flexibility index (Phi) is 5.22. The lowest BCUT2D eigenvalue weighted by Crippen LogP contribution is -2.49. The Bertz CT molecular complexity index is 591. The van der Waals surface area contributed by atoms with Crippen molar-refractivity contribution in [3.05, 3.63) is 46.5 Å². The van der Waals surface area contributed by atoms with E-state index in [4.69, 9.17) is 23.2 Å². The highest BCUT2D eigenvalue weighted by Crippen LogP contribution is 2.34. The molecule has 2 unspecified atom stereocenters. The molecule has 2 N–H and O–H groups in total. The molecule has 0 aliphatic carbocycles. The van der Waals surface area contributed by atoms with Crippen LogP contribution in [0.3, 0.4) is 0 Å². The largest absolute Gasteiger partial charge is 0.382 e. The Morgan fingerprint density at radius 2 is 2.19 bits per heavy atom. The van der Waals surface area contributed by atoms with Gasteiger partial charge in [0, 0.05) is 21.7 Å². The van der Waals surface area contributed by atoms with Gasteiger partial charge < -0.3 is 10.4 Å². The van der Waals surface area contributed by atoms with Crippen LogP contribution in [0.1, 0.15) is 19.4 Å². The molecule has 5 nitrogen and oxygen atoms in total. The van der Waals surface area contributed by atoms with Gasteiger partial charge in [-0.05, 0) is 25.6 Å². The number of nitrogens with zero attached hydrogens (tertiary/aromatic N) is 3. The summed E-state index contributed by atoms with van der Waals surface area (Å²) in [6, 6.07) is 4.86. The summed E-state index contributed by atoms with van der Waals surface area (Å²) in [5.74, 6) is 0. The Morgan fingerprint density at radius 1 is 1.43 bits per heavy atom. The lowest BCUT2D eigenvalue weighted by atomic mass is 9.86. The number of benzene rings is 1. The first-order valence-electron chi connectivity index (χ1n) is 6.71. The normalized spacial score (nSPS) is 15.7. The van der Waals surface area contributed by atoms with Gasteiger partial charge in [-0.2, -0.15) is 5.10 Å². The molecule has 0 spiro atoms. The first-order valence-corrected chi connectivity index (χ1v) is 7.46. The Labute approximate surface area is 133 Å². The maximum atomic E-state index is 11.2. The minimum absolute atomic E-state index is 0.231. The third kappa shape index (κ3) is 3.55. The lowest BCUT2D eigenvalue weighted by molar-refractivity contribution is -0.0164. The van der Waals surface area contributed by atoms with Crippen molar-refractivity contribution in [2.24, 2.45) is 0 Å². The molecule has 0 amide bonds. The number of nitrogens with one attached hydrogen (secondary N) is 1. The van der Waals surface area contributed by atoms with Gasteiger partial charge in [-0.15, -0.1) is 0 Å². The smallest absolute Gasteiger partial charge is 0.137 e. The van der Waals surface area contributed by atoms with E-state index in [1.54, 1.807) is 29.2 Å². The number of halogens is 2. The third-order valence-electron chi connectivity index (χ3n) is 3.49. The number of aromatic nitrogens is 3. The van der Waals surface area contributed by atoms with Crippen molar-refractivity contribution in [1.29, 1.82) is 0 Å². The Hall–Kier alpha value is -1.14. The molecule has 1 aromatic heterocycles. The van der Waals surface area contributed by atoms with Crippen molar-refractivity contribution in [3.63, 3.8) is 0 Å². The lowest BCUT2D eigenvalue weighted by Gasteiger charge is -2.35. The molecule has 0 aliphatic rings. The van der Waals surface area contributed by atoms with Crippen LogP contribution >= 0.6 is 23.2 Å². The molecule has 1 aromatic carbocycles. The number of aliphatic hydroxyl groups is 1. The van der Waals surface area contributed by atoms with Gasteiger partial charge in [0.1, 0.15) is 18.3 Å². The van der Waals surface area contributed by atoms with Gasteiger partial charge in [0.05, 0.1) is 6.54 Å². The van der Waals surface area contributed by atoms with E-state index in [2.05, 4.69) is 15.4 Å². The van der Waals surface area contributed by atoms with Crippen molar-refractivity contribution >= 4 is 23.2 Å². The highest BCUT2D eigenvalue weighted by molar-refractivity contribution is 6.35.